The first-order valence-corrected chi connectivity index (χ1v) is 13.5. The molecule has 0 radical (unpaired) electrons. The molecular weight excluding hydrogens is 470 g/mol. The molecule has 1 N–H and O–H groups in total. The lowest BCUT2D eigenvalue weighted by molar-refractivity contribution is -0.611. The molecule has 0 spiro atoms. The molecular formula is C30H34ClN3O2. The largest absolute Gasteiger partial charge is 0.617 e. The zero-order valence-electron chi connectivity index (χ0n) is 20.6. The molecule has 36 heavy (non-hydrogen) atoms. The van der Waals surface area contributed by atoms with E-state index in [0.717, 1.165) is 50.0 Å². The number of pyridine rings is 1. The third kappa shape index (κ3) is 5.42. The zero-order valence-corrected chi connectivity index (χ0v) is 21.3. The lowest BCUT2D eigenvalue weighted by atomic mass is 9.81. The monoisotopic (exact) mass is 503 g/mol. The molecule has 1 amide bonds. The Bertz CT molecular complexity index is 1160. The minimum atomic E-state index is -0.0248. The Hall–Kier alpha value is -2.89. The van der Waals surface area contributed by atoms with Crippen LogP contribution in [0.3, 0.4) is 0 Å². The van der Waals surface area contributed by atoms with Crippen molar-refractivity contribution >= 4 is 17.5 Å². The van der Waals surface area contributed by atoms with Gasteiger partial charge in [-0.05, 0) is 72.9 Å². The number of benzene rings is 2. The van der Waals surface area contributed by atoms with Crippen molar-refractivity contribution in [2.45, 2.75) is 44.1 Å². The maximum Gasteiger partial charge on any atom is 0.286 e. The average Bonchev–Trinajstić information content (AvgIpc) is 3.40. The van der Waals surface area contributed by atoms with Crippen LogP contribution < -0.4 is 10.0 Å². The van der Waals surface area contributed by atoms with E-state index in [2.05, 4.69) is 64.8 Å². The van der Waals surface area contributed by atoms with Gasteiger partial charge < -0.3 is 15.4 Å². The molecule has 6 heteroatoms. The maximum absolute atomic E-state index is 14.0. The van der Waals surface area contributed by atoms with Gasteiger partial charge in [0.1, 0.15) is 0 Å². The minimum Gasteiger partial charge on any atom is -0.617 e. The Morgan fingerprint density at radius 2 is 1.69 bits per heavy atom. The van der Waals surface area contributed by atoms with Gasteiger partial charge >= 0.3 is 0 Å². The fourth-order valence-corrected chi connectivity index (χ4v) is 6.21. The van der Waals surface area contributed by atoms with Crippen LogP contribution in [0.2, 0.25) is 5.15 Å². The SMILES string of the molecule is O=C([C@@H]1CNC[C@@H]1CCCc1cccc(Cl)[n+]1[O-])N1CC[C@H](c2ccccc2)C[C@@H]1c1ccccc1. The standard InChI is InChI=1S/C30H34ClN3O2/c31-29-16-8-15-26(34(29)36)14-7-13-25-20-32-21-27(25)30(35)33-18-17-24(22-9-3-1-4-10-22)19-28(33)23-11-5-2-6-12-23/h1-6,8-12,15-16,24-25,27-28,32H,7,13-14,17-21H2/t24-,25-,27+,28+/m0/s1. The Kier molecular flexibility index (Phi) is 7.88. The third-order valence-electron chi connectivity index (χ3n) is 7.98. The zero-order chi connectivity index (χ0) is 24.9. The van der Waals surface area contributed by atoms with Crippen LogP contribution >= 0.6 is 11.6 Å². The molecule has 3 aromatic rings. The van der Waals surface area contributed by atoms with Gasteiger partial charge in [0.15, 0.2) is 5.69 Å². The highest BCUT2D eigenvalue weighted by molar-refractivity contribution is 6.28. The Labute approximate surface area is 218 Å². The van der Waals surface area contributed by atoms with Crippen molar-refractivity contribution in [1.29, 1.82) is 0 Å². The molecule has 5 nitrogen and oxygen atoms in total. The Morgan fingerprint density at radius 1 is 0.972 bits per heavy atom. The number of rotatable bonds is 7. The average molecular weight is 504 g/mol. The summed E-state index contributed by atoms with van der Waals surface area (Å²) in [5, 5.41) is 15.9. The first kappa shape index (κ1) is 24.8. The molecule has 2 aromatic carbocycles. The third-order valence-corrected chi connectivity index (χ3v) is 8.26. The number of carbonyl (C=O) groups is 1. The maximum atomic E-state index is 14.0. The predicted molar refractivity (Wildman–Crippen MR) is 143 cm³/mol. The lowest BCUT2D eigenvalue weighted by Crippen LogP contribution is -2.45. The number of aryl methyl sites for hydroxylation is 1. The van der Waals surface area contributed by atoms with Crippen molar-refractivity contribution in [3.63, 3.8) is 0 Å². The van der Waals surface area contributed by atoms with E-state index in [0.29, 0.717) is 18.0 Å². The number of likely N-dealkylation sites (tertiary alicyclic amines) is 1. The summed E-state index contributed by atoms with van der Waals surface area (Å²) in [7, 11) is 0. The number of halogens is 1. The van der Waals surface area contributed by atoms with Gasteiger partial charge in [-0.15, -0.1) is 0 Å². The van der Waals surface area contributed by atoms with Gasteiger partial charge in [-0.1, -0.05) is 60.7 Å². The van der Waals surface area contributed by atoms with E-state index in [1.165, 1.54) is 11.1 Å². The number of piperidine rings is 1. The number of aromatic nitrogens is 1. The molecule has 188 valence electrons. The van der Waals surface area contributed by atoms with Crippen molar-refractivity contribution in [2.75, 3.05) is 19.6 Å². The number of carbonyl (C=O) groups excluding carboxylic acids is 1. The molecule has 0 aliphatic carbocycles. The molecule has 2 saturated heterocycles. The second-order valence-electron chi connectivity index (χ2n) is 10.1. The van der Waals surface area contributed by atoms with Crippen LogP contribution in [0.5, 0.6) is 0 Å². The number of nitrogens with one attached hydrogen (secondary N) is 1. The van der Waals surface area contributed by atoms with Crippen LogP contribution in [0.15, 0.2) is 78.9 Å². The van der Waals surface area contributed by atoms with Gasteiger partial charge in [-0.2, -0.15) is 4.73 Å². The summed E-state index contributed by atoms with van der Waals surface area (Å²) < 4.78 is 0.804. The summed E-state index contributed by atoms with van der Waals surface area (Å²) in [6, 6.07) is 26.5. The van der Waals surface area contributed by atoms with E-state index < -0.39 is 0 Å². The van der Waals surface area contributed by atoms with Crippen molar-refractivity contribution < 1.29 is 9.52 Å². The number of hydrogen-bond acceptors (Lipinski definition) is 3. The first-order chi connectivity index (χ1) is 17.6. The summed E-state index contributed by atoms with van der Waals surface area (Å²) in [5.41, 5.74) is 3.26. The highest BCUT2D eigenvalue weighted by Gasteiger charge is 2.40. The molecule has 2 fully saturated rings. The van der Waals surface area contributed by atoms with E-state index in [9.17, 15) is 10.0 Å². The second-order valence-corrected chi connectivity index (χ2v) is 10.5. The summed E-state index contributed by atoms with van der Waals surface area (Å²) in [6.45, 7) is 2.35. The van der Waals surface area contributed by atoms with Crippen molar-refractivity contribution in [1.82, 2.24) is 10.2 Å². The summed E-state index contributed by atoms with van der Waals surface area (Å²) >= 11 is 5.97. The highest BCUT2D eigenvalue weighted by atomic mass is 35.5. The smallest absolute Gasteiger partial charge is 0.286 e. The quantitative estimate of drug-likeness (QED) is 0.271. The van der Waals surface area contributed by atoms with Crippen LogP contribution in [0.1, 0.15) is 54.5 Å². The van der Waals surface area contributed by atoms with E-state index in [1.807, 2.05) is 18.2 Å². The van der Waals surface area contributed by atoms with E-state index >= 15 is 0 Å². The number of hydrogen-bond donors (Lipinski definition) is 1. The summed E-state index contributed by atoms with van der Waals surface area (Å²) in [5.74, 6) is 0.977. The highest BCUT2D eigenvalue weighted by Crippen LogP contribution is 2.41. The molecule has 2 aliphatic heterocycles. The lowest BCUT2D eigenvalue weighted by Gasteiger charge is -2.42. The van der Waals surface area contributed by atoms with Gasteiger partial charge in [-0.3, -0.25) is 4.79 Å². The van der Waals surface area contributed by atoms with Crippen LogP contribution in [-0.2, 0) is 11.2 Å². The molecule has 1 aromatic heterocycles. The number of nitrogens with zero attached hydrogens (tertiary/aromatic N) is 2. The minimum absolute atomic E-state index is 0.0248. The van der Waals surface area contributed by atoms with E-state index in [1.54, 1.807) is 6.07 Å². The Balaban J connectivity index is 1.28. The van der Waals surface area contributed by atoms with Gasteiger partial charge in [0.25, 0.3) is 5.15 Å². The van der Waals surface area contributed by atoms with Crippen LogP contribution in [0.4, 0.5) is 0 Å². The topological polar surface area (TPSA) is 59.3 Å². The molecule has 0 unspecified atom stereocenters. The van der Waals surface area contributed by atoms with Gasteiger partial charge in [0, 0.05) is 31.6 Å². The predicted octanol–water partition coefficient (Wildman–Crippen LogP) is 5.28. The fraction of sp³-hybridized carbons (Fsp3) is 0.400. The van der Waals surface area contributed by atoms with Crippen LogP contribution in [-0.4, -0.2) is 30.4 Å². The molecule has 3 heterocycles. The van der Waals surface area contributed by atoms with Gasteiger partial charge in [0.05, 0.1) is 12.0 Å². The normalized spacial score (nSPS) is 24.1. The van der Waals surface area contributed by atoms with Crippen molar-refractivity contribution in [3.8, 4) is 0 Å². The second kappa shape index (κ2) is 11.4. The van der Waals surface area contributed by atoms with E-state index in [4.69, 9.17) is 11.6 Å². The molecule has 0 saturated carbocycles. The van der Waals surface area contributed by atoms with E-state index in [-0.39, 0.29) is 28.9 Å². The van der Waals surface area contributed by atoms with Gasteiger partial charge in [0.2, 0.25) is 5.91 Å². The first-order valence-electron chi connectivity index (χ1n) is 13.1. The summed E-state index contributed by atoms with van der Waals surface area (Å²) in [4.78, 5) is 16.1. The summed E-state index contributed by atoms with van der Waals surface area (Å²) in [6.07, 6.45) is 4.37. The molecule has 5 rings (SSSR count). The van der Waals surface area contributed by atoms with Crippen molar-refractivity contribution in [2.24, 2.45) is 11.8 Å². The molecule has 2 aliphatic rings. The van der Waals surface area contributed by atoms with Crippen LogP contribution in [0, 0.1) is 17.0 Å². The fourth-order valence-electron chi connectivity index (χ4n) is 6.03. The van der Waals surface area contributed by atoms with Crippen LogP contribution in [0.25, 0.3) is 0 Å². The van der Waals surface area contributed by atoms with Crippen molar-refractivity contribution in [3.05, 3.63) is 106 Å². The number of amides is 1. The Morgan fingerprint density at radius 3 is 2.44 bits per heavy atom. The molecule has 4 atom stereocenters. The van der Waals surface area contributed by atoms with Gasteiger partial charge in [-0.25, -0.2) is 0 Å². The molecule has 0 bridgehead atoms.